The van der Waals surface area contributed by atoms with Crippen LogP contribution in [0.3, 0.4) is 0 Å². The Kier molecular flexibility index (Phi) is 7.14. The van der Waals surface area contributed by atoms with Crippen molar-refractivity contribution in [1.82, 2.24) is 14.5 Å². The van der Waals surface area contributed by atoms with E-state index in [1.165, 1.54) is 30.7 Å². The first-order chi connectivity index (χ1) is 13.4. The number of aromatic nitrogens is 3. The molecule has 0 fully saturated rings. The zero-order chi connectivity index (χ0) is 22.0. The van der Waals surface area contributed by atoms with Crippen LogP contribution in [-0.4, -0.2) is 27.3 Å². The second-order valence-corrected chi connectivity index (χ2v) is 7.84. The number of halogens is 6. The molecule has 162 valence electrons. The normalized spacial score (nSPS) is 12.7. The molecule has 2 aromatic rings. The van der Waals surface area contributed by atoms with E-state index in [9.17, 15) is 22.0 Å². The molecule has 0 saturated carbocycles. The number of ether oxygens (including phenoxy) is 1. The lowest BCUT2D eigenvalue weighted by Gasteiger charge is -2.26. The van der Waals surface area contributed by atoms with Crippen LogP contribution in [-0.2, 0) is 19.3 Å². The largest absolute Gasteiger partial charge is 0.431 e. The number of pyridine rings is 1. The molecule has 0 saturated heterocycles. The number of rotatable bonds is 8. The highest BCUT2D eigenvalue weighted by Crippen LogP contribution is 2.37. The number of alkyl halides is 5. The smallest absolute Gasteiger partial charge is 0.389 e. The van der Waals surface area contributed by atoms with Crippen molar-refractivity contribution in [2.45, 2.75) is 66.2 Å². The van der Waals surface area contributed by atoms with Gasteiger partial charge in [-0.15, -0.1) is 0 Å². The van der Waals surface area contributed by atoms with Gasteiger partial charge in [0.05, 0.1) is 5.69 Å². The van der Waals surface area contributed by atoms with Gasteiger partial charge in [0.25, 0.3) is 0 Å². The molecule has 2 rings (SSSR count). The molecule has 2 aromatic heterocycles. The van der Waals surface area contributed by atoms with Crippen LogP contribution < -0.4 is 4.74 Å². The van der Waals surface area contributed by atoms with E-state index in [2.05, 4.69) is 14.7 Å². The van der Waals surface area contributed by atoms with Gasteiger partial charge in [0.15, 0.2) is 11.6 Å². The Morgan fingerprint density at radius 1 is 1.17 bits per heavy atom. The van der Waals surface area contributed by atoms with Gasteiger partial charge < -0.3 is 4.74 Å². The third kappa shape index (κ3) is 6.04. The maximum atomic E-state index is 13.0. The van der Waals surface area contributed by atoms with E-state index in [4.69, 9.17) is 11.6 Å². The lowest BCUT2D eigenvalue weighted by Crippen LogP contribution is -2.24. The lowest BCUT2D eigenvalue weighted by molar-refractivity contribution is -0.154. The first-order valence-corrected chi connectivity index (χ1v) is 9.51. The zero-order valence-electron chi connectivity index (χ0n) is 16.6. The molecular weight excluding hydrogens is 417 g/mol. The summed E-state index contributed by atoms with van der Waals surface area (Å²) in [6, 6.07) is 1.29. The Labute approximate surface area is 171 Å². The molecule has 0 unspecified atom stereocenters. The van der Waals surface area contributed by atoms with Gasteiger partial charge >= 0.3 is 12.8 Å². The van der Waals surface area contributed by atoms with Crippen molar-refractivity contribution in [2.24, 2.45) is 5.41 Å². The molecular formula is C19H23ClF5N3O. The predicted octanol–water partition coefficient (Wildman–Crippen LogP) is 6.17. The first-order valence-electron chi connectivity index (χ1n) is 9.13. The van der Waals surface area contributed by atoms with Gasteiger partial charge in [-0.05, 0) is 29.9 Å². The maximum absolute atomic E-state index is 13.0. The molecule has 29 heavy (non-hydrogen) atoms. The summed E-state index contributed by atoms with van der Waals surface area (Å²) >= 11 is 6.36. The van der Waals surface area contributed by atoms with Gasteiger partial charge in [-0.2, -0.15) is 22.0 Å². The third-order valence-electron chi connectivity index (χ3n) is 4.29. The molecule has 4 nitrogen and oxygen atoms in total. The molecule has 0 spiro atoms. The summed E-state index contributed by atoms with van der Waals surface area (Å²) in [7, 11) is 0. The van der Waals surface area contributed by atoms with E-state index in [0.717, 1.165) is 0 Å². The van der Waals surface area contributed by atoms with Crippen LogP contribution >= 0.6 is 11.6 Å². The summed E-state index contributed by atoms with van der Waals surface area (Å²) in [5.74, 6) is 0.275. The average Bonchev–Trinajstić information content (AvgIpc) is 2.87. The van der Waals surface area contributed by atoms with Crippen LogP contribution in [0.15, 0.2) is 12.3 Å². The van der Waals surface area contributed by atoms with Crippen LogP contribution in [0.25, 0.3) is 5.82 Å². The minimum atomic E-state index is -4.34. The molecule has 2 heterocycles. The molecule has 0 bridgehead atoms. The lowest BCUT2D eigenvalue weighted by atomic mass is 9.83. The molecule has 0 amide bonds. The monoisotopic (exact) mass is 439 g/mol. The SMILES string of the molecule is CCc1nc(CC)n(-c2ncc(CC(C)(C)CC(F)(F)F)cc2OC(F)F)c1Cl. The van der Waals surface area contributed by atoms with Gasteiger partial charge in [0.2, 0.25) is 0 Å². The van der Waals surface area contributed by atoms with Crippen LogP contribution in [0.5, 0.6) is 5.75 Å². The quantitative estimate of drug-likeness (QED) is 0.462. The highest BCUT2D eigenvalue weighted by Gasteiger charge is 2.36. The van der Waals surface area contributed by atoms with E-state index in [0.29, 0.717) is 29.9 Å². The summed E-state index contributed by atoms with van der Waals surface area (Å²) in [6.07, 6.45) is -3.01. The number of imidazole rings is 1. The Bertz CT molecular complexity index is 849. The van der Waals surface area contributed by atoms with Crippen molar-refractivity contribution >= 4 is 11.6 Å². The van der Waals surface area contributed by atoms with Gasteiger partial charge in [0, 0.05) is 19.0 Å². The van der Waals surface area contributed by atoms with Gasteiger partial charge in [-0.1, -0.05) is 39.3 Å². The molecule has 0 aromatic carbocycles. The highest BCUT2D eigenvalue weighted by atomic mass is 35.5. The molecule has 0 atom stereocenters. The fourth-order valence-corrected chi connectivity index (χ4v) is 3.61. The summed E-state index contributed by atoms with van der Waals surface area (Å²) in [6.45, 7) is 3.46. The first kappa shape index (κ1) is 23.4. The Morgan fingerprint density at radius 2 is 1.83 bits per heavy atom. The standard InChI is InChI=1S/C19H23ClF5N3O/c1-5-12-15(20)28(14(6-2)27-12)16-13(29-17(21)22)7-11(9-26-16)8-18(3,4)10-19(23,24)25/h7,9,17H,5-6,8,10H2,1-4H3. The number of aryl methyl sites for hydroxylation is 2. The van der Waals surface area contributed by atoms with Crippen molar-refractivity contribution in [1.29, 1.82) is 0 Å². The van der Waals surface area contributed by atoms with Crippen LogP contribution in [0, 0.1) is 5.41 Å². The highest BCUT2D eigenvalue weighted by molar-refractivity contribution is 6.30. The van der Waals surface area contributed by atoms with Crippen LogP contribution in [0.2, 0.25) is 5.15 Å². The molecule has 0 radical (unpaired) electrons. The summed E-state index contributed by atoms with van der Waals surface area (Å²) in [5.41, 5.74) is -0.201. The average molecular weight is 440 g/mol. The fourth-order valence-electron chi connectivity index (χ4n) is 3.25. The third-order valence-corrected chi connectivity index (χ3v) is 4.67. The molecule has 0 aliphatic carbocycles. The van der Waals surface area contributed by atoms with E-state index in [1.807, 2.05) is 13.8 Å². The molecule has 0 aliphatic rings. The second kappa shape index (κ2) is 8.85. The van der Waals surface area contributed by atoms with Crippen molar-refractivity contribution < 1.29 is 26.7 Å². The molecule has 0 aliphatic heterocycles. The van der Waals surface area contributed by atoms with E-state index in [1.54, 1.807) is 0 Å². The van der Waals surface area contributed by atoms with Crippen LogP contribution in [0.1, 0.15) is 51.2 Å². The summed E-state index contributed by atoms with van der Waals surface area (Å²) < 4.78 is 70.4. The van der Waals surface area contributed by atoms with E-state index < -0.39 is 24.6 Å². The van der Waals surface area contributed by atoms with Gasteiger partial charge in [-0.25, -0.2) is 9.97 Å². The minimum absolute atomic E-state index is 0.0160. The second-order valence-electron chi connectivity index (χ2n) is 7.48. The minimum Gasteiger partial charge on any atom is -0.431 e. The topological polar surface area (TPSA) is 39.9 Å². The number of hydrogen-bond acceptors (Lipinski definition) is 3. The summed E-state index contributed by atoms with van der Waals surface area (Å²) in [4.78, 5) is 8.59. The fraction of sp³-hybridized carbons (Fsp3) is 0.579. The Balaban J connectivity index is 2.50. The van der Waals surface area contributed by atoms with Crippen molar-refractivity contribution in [3.63, 3.8) is 0 Å². The van der Waals surface area contributed by atoms with Gasteiger partial charge in [0.1, 0.15) is 11.0 Å². The summed E-state index contributed by atoms with van der Waals surface area (Å²) in [5, 5.41) is 0.237. The Hall–Kier alpha value is -1.90. The van der Waals surface area contributed by atoms with E-state index >= 15 is 0 Å². The number of nitrogens with zero attached hydrogens (tertiary/aromatic N) is 3. The van der Waals surface area contributed by atoms with Gasteiger partial charge in [-0.3, -0.25) is 4.57 Å². The van der Waals surface area contributed by atoms with Crippen molar-refractivity contribution in [3.05, 3.63) is 34.5 Å². The van der Waals surface area contributed by atoms with Crippen molar-refractivity contribution in [2.75, 3.05) is 0 Å². The predicted molar refractivity (Wildman–Crippen MR) is 99.9 cm³/mol. The molecule has 10 heteroatoms. The zero-order valence-corrected chi connectivity index (χ0v) is 17.3. The van der Waals surface area contributed by atoms with Crippen LogP contribution in [0.4, 0.5) is 22.0 Å². The van der Waals surface area contributed by atoms with E-state index in [-0.39, 0.29) is 23.1 Å². The van der Waals surface area contributed by atoms with Crippen molar-refractivity contribution in [3.8, 4) is 11.6 Å². The molecule has 0 N–H and O–H groups in total. The number of hydrogen-bond donors (Lipinski definition) is 0. The maximum Gasteiger partial charge on any atom is 0.389 e. The Morgan fingerprint density at radius 3 is 2.34 bits per heavy atom.